The molecule has 0 aliphatic carbocycles. The Balaban J connectivity index is 1.57. The first-order valence-corrected chi connectivity index (χ1v) is 9.02. The van der Waals surface area contributed by atoms with Gasteiger partial charge in [0.1, 0.15) is 23.2 Å². The van der Waals surface area contributed by atoms with Crippen molar-refractivity contribution in [3.63, 3.8) is 0 Å². The first kappa shape index (κ1) is 18.3. The molecule has 1 fully saturated rings. The molecule has 5 heteroatoms. The van der Waals surface area contributed by atoms with E-state index >= 15 is 0 Å². The molecule has 0 aromatic heterocycles. The van der Waals surface area contributed by atoms with Gasteiger partial charge in [-0.15, -0.1) is 0 Å². The Morgan fingerprint density at radius 3 is 2.73 bits per heavy atom. The molecule has 0 radical (unpaired) electrons. The van der Waals surface area contributed by atoms with Gasteiger partial charge in [0.15, 0.2) is 0 Å². The topological polar surface area (TPSA) is 56.8 Å². The van der Waals surface area contributed by atoms with Crippen LogP contribution in [-0.4, -0.2) is 38.9 Å². The van der Waals surface area contributed by atoms with E-state index in [0.29, 0.717) is 24.3 Å². The van der Waals surface area contributed by atoms with E-state index in [1.165, 1.54) is 0 Å². The summed E-state index contributed by atoms with van der Waals surface area (Å²) < 4.78 is 16.7. The molecule has 3 rings (SSSR count). The van der Waals surface area contributed by atoms with Crippen molar-refractivity contribution in [3.8, 4) is 11.5 Å². The highest BCUT2D eigenvalue weighted by molar-refractivity contribution is 5.92. The van der Waals surface area contributed by atoms with Crippen LogP contribution in [0.25, 0.3) is 0 Å². The monoisotopic (exact) mass is 355 g/mol. The molecule has 0 saturated carbocycles. The molecule has 0 atom stereocenters. The maximum Gasteiger partial charge on any atom is 0.341 e. The fourth-order valence-electron chi connectivity index (χ4n) is 3.00. The lowest BCUT2D eigenvalue weighted by Gasteiger charge is -2.24. The van der Waals surface area contributed by atoms with Crippen LogP contribution in [0.4, 0.5) is 0 Å². The summed E-state index contributed by atoms with van der Waals surface area (Å²) in [5, 5.41) is 3.31. The molecule has 26 heavy (non-hydrogen) atoms. The Morgan fingerprint density at radius 2 is 1.92 bits per heavy atom. The minimum absolute atomic E-state index is 0.141. The molecule has 5 nitrogen and oxygen atoms in total. The molecular formula is C21H25NO4. The average molecular weight is 355 g/mol. The van der Waals surface area contributed by atoms with Gasteiger partial charge in [0.2, 0.25) is 0 Å². The Labute approximate surface area is 154 Å². The highest BCUT2D eigenvalue weighted by Crippen LogP contribution is 2.23. The largest absolute Gasteiger partial charge is 0.497 e. The lowest BCUT2D eigenvalue weighted by atomic mass is 10.1. The Morgan fingerprint density at radius 1 is 1.12 bits per heavy atom. The van der Waals surface area contributed by atoms with Crippen LogP contribution in [0.15, 0.2) is 48.5 Å². The van der Waals surface area contributed by atoms with Gasteiger partial charge in [-0.2, -0.15) is 0 Å². The maximum atomic E-state index is 12.5. The van der Waals surface area contributed by atoms with Gasteiger partial charge >= 0.3 is 5.97 Å². The summed E-state index contributed by atoms with van der Waals surface area (Å²) in [4.78, 5) is 12.5. The number of carbonyl (C=O) groups is 1. The standard InChI is InChI=1S/C21H25NO4/c1-24-18-6-4-5-16(15-18)11-14-25-21(23)19-7-2-3-8-20(19)26-17-9-12-22-13-10-17/h2-8,15,17,22H,9-14H2,1H3. The maximum absolute atomic E-state index is 12.5. The minimum atomic E-state index is -0.350. The molecule has 1 heterocycles. The predicted molar refractivity (Wildman–Crippen MR) is 99.9 cm³/mol. The number of para-hydroxylation sites is 1. The quantitative estimate of drug-likeness (QED) is 0.773. The lowest BCUT2D eigenvalue weighted by molar-refractivity contribution is 0.0500. The van der Waals surface area contributed by atoms with E-state index in [9.17, 15) is 4.79 Å². The van der Waals surface area contributed by atoms with Crippen LogP contribution in [0.2, 0.25) is 0 Å². The molecular weight excluding hydrogens is 330 g/mol. The molecule has 2 aromatic rings. The second-order valence-electron chi connectivity index (χ2n) is 6.30. The van der Waals surface area contributed by atoms with Gasteiger partial charge in [-0.25, -0.2) is 4.79 Å². The number of esters is 1. The first-order valence-electron chi connectivity index (χ1n) is 9.02. The van der Waals surface area contributed by atoms with Crippen molar-refractivity contribution in [2.24, 2.45) is 0 Å². The van der Waals surface area contributed by atoms with Crippen molar-refractivity contribution >= 4 is 5.97 Å². The zero-order valence-corrected chi connectivity index (χ0v) is 15.1. The minimum Gasteiger partial charge on any atom is -0.497 e. The van der Waals surface area contributed by atoms with E-state index in [1.54, 1.807) is 13.2 Å². The van der Waals surface area contributed by atoms with Crippen molar-refractivity contribution < 1.29 is 19.0 Å². The van der Waals surface area contributed by atoms with E-state index in [0.717, 1.165) is 37.2 Å². The molecule has 138 valence electrons. The van der Waals surface area contributed by atoms with Crippen LogP contribution in [-0.2, 0) is 11.2 Å². The number of hydrogen-bond donors (Lipinski definition) is 1. The van der Waals surface area contributed by atoms with Crippen molar-refractivity contribution in [2.75, 3.05) is 26.8 Å². The van der Waals surface area contributed by atoms with Crippen molar-refractivity contribution in [1.29, 1.82) is 0 Å². The normalized spacial score (nSPS) is 14.7. The number of ether oxygens (including phenoxy) is 3. The summed E-state index contributed by atoms with van der Waals surface area (Å²) >= 11 is 0. The number of benzene rings is 2. The van der Waals surface area contributed by atoms with Crippen LogP contribution in [0.3, 0.4) is 0 Å². The number of methoxy groups -OCH3 is 1. The highest BCUT2D eigenvalue weighted by Gasteiger charge is 2.19. The number of rotatable bonds is 7. The lowest BCUT2D eigenvalue weighted by Crippen LogP contribution is -2.34. The van der Waals surface area contributed by atoms with Gasteiger partial charge in [0.05, 0.1) is 13.7 Å². The summed E-state index contributed by atoms with van der Waals surface area (Å²) in [6.07, 6.45) is 2.67. The van der Waals surface area contributed by atoms with E-state index < -0.39 is 0 Å². The number of piperidine rings is 1. The van der Waals surface area contributed by atoms with Crippen LogP contribution < -0.4 is 14.8 Å². The summed E-state index contributed by atoms with van der Waals surface area (Å²) in [7, 11) is 1.64. The van der Waals surface area contributed by atoms with Gasteiger partial charge < -0.3 is 19.5 Å². The van der Waals surface area contributed by atoms with E-state index in [4.69, 9.17) is 14.2 Å². The molecule has 2 aromatic carbocycles. The molecule has 1 aliphatic rings. The average Bonchev–Trinajstić information content (AvgIpc) is 2.69. The van der Waals surface area contributed by atoms with E-state index in [1.807, 2.05) is 42.5 Å². The molecule has 0 amide bonds. The second-order valence-corrected chi connectivity index (χ2v) is 6.30. The predicted octanol–water partition coefficient (Wildman–Crippen LogP) is 3.23. The summed E-state index contributed by atoms with van der Waals surface area (Å²) in [5.74, 6) is 1.05. The van der Waals surface area contributed by atoms with Gasteiger partial charge in [0, 0.05) is 6.42 Å². The zero-order chi connectivity index (χ0) is 18.2. The number of hydrogen-bond acceptors (Lipinski definition) is 5. The van der Waals surface area contributed by atoms with Gasteiger partial charge in [-0.1, -0.05) is 24.3 Å². The highest BCUT2D eigenvalue weighted by atomic mass is 16.5. The number of carbonyl (C=O) groups excluding carboxylic acids is 1. The first-order chi connectivity index (χ1) is 12.8. The van der Waals surface area contributed by atoms with Crippen LogP contribution in [0, 0.1) is 0 Å². The fourth-order valence-corrected chi connectivity index (χ4v) is 3.00. The molecule has 0 spiro atoms. The summed E-state index contributed by atoms with van der Waals surface area (Å²) in [6, 6.07) is 15.1. The Hall–Kier alpha value is -2.53. The van der Waals surface area contributed by atoms with Gasteiger partial charge in [-0.05, 0) is 55.8 Å². The van der Waals surface area contributed by atoms with Crippen molar-refractivity contribution in [3.05, 3.63) is 59.7 Å². The van der Waals surface area contributed by atoms with Crippen molar-refractivity contribution in [1.82, 2.24) is 5.32 Å². The Bertz CT molecular complexity index is 725. The Kier molecular flexibility index (Phi) is 6.50. The van der Waals surface area contributed by atoms with Crippen LogP contribution in [0.1, 0.15) is 28.8 Å². The second kappa shape index (κ2) is 9.25. The van der Waals surface area contributed by atoms with Gasteiger partial charge in [-0.3, -0.25) is 0 Å². The van der Waals surface area contributed by atoms with Crippen molar-refractivity contribution in [2.45, 2.75) is 25.4 Å². The number of nitrogens with one attached hydrogen (secondary N) is 1. The molecule has 0 bridgehead atoms. The molecule has 1 N–H and O–H groups in total. The van der Waals surface area contributed by atoms with E-state index in [-0.39, 0.29) is 12.1 Å². The third-order valence-electron chi connectivity index (χ3n) is 4.44. The molecule has 1 aliphatic heterocycles. The molecule has 0 unspecified atom stereocenters. The summed E-state index contributed by atoms with van der Waals surface area (Å²) in [6.45, 7) is 2.20. The smallest absolute Gasteiger partial charge is 0.341 e. The van der Waals surface area contributed by atoms with E-state index in [2.05, 4.69) is 5.32 Å². The fraction of sp³-hybridized carbons (Fsp3) is 0.381. The third-order valence-corrected chi connectivity index (χ3v) is 4.44. The van der Waals surface area contributed by atoms with Crippen LogP contribution >= 0.6 is 0 Å². The summed E-state index contributed by atoms with van der Waals surface area (Å²) in [5.41, 5.74) is 1.55. The van der Waals surface area contributed by atoms with Gasteiger partial charge in [0.25, 0.3) is 0 Å². The SMILES string of the molecule is COc1cccc(CCOC(=O)c2ccccc2OC2CCNCC2)c1. The molecule has 1 saturated heterocycles. The third kappa shape index (κ3) is 4.99. The zero-order valence-electron chi connectivity index (χ0n) is 15.1. The van der Waals surface area contributed by atoms with Crippen LogP contribution in [0.5, 0.6) is 11.5 Å².